The van der Waals surface area contributed by atoms with Gasteiger partial charge in [0.2, 0.25) is 0 Å². The highest BCUT2D eigenvalue weighted by atomic mass is 79.9. The van der Waals surface area contributed by atoms with E-state index in [9.17, 15) is 0 Å². The fourth-order valence-corrected chi connectivity index (χ4v) is 1.52. The number of halogens is 1. The highest BCUT2D eigenvalue weighted by molar-refractivity contribution is 9.10. The van der Waals surface area contributed by atoms with Crippen molar-refractivity contribution >= 4 is 15.9 Å². The lowest BCUT2D eigenvalue weighted by Crippen LogP contribution is -1.94. The van der Waals surface area contributed by atoms with Gasteiger partial charge in [-0.2, -0.15) is 0 Å². The molecule has 11 heavy (non-hydrogen) atoms. The van der Waals surface area contributed by atoms with Crippen molar-refractivity contribution in [1.29, 1.82) is 0 Å². The molecule has 0 N–H and O–H groups in total. The minimum absolute atomic E-state index is 0.712. The van der Waals surface area contributed by atoms with E-state index in [1.807, 2.05) is 32.0 Å². The Labute approximate surface area is 75.5 Å². The maximum atomic E-state index is 5.42. The van der Waals surface area contributed by atoms with Crippen LogP contribution in [-0.4, -0.2) is 6.61 Å². The number of rotatable bonds is 2. The number of para-hydroxylation sites is 1. The summed E-state index contributed by atoms with van der Waals surface area (Å²) in [5, 5.41) is 0. The molecule has 0 radical (unpaired) electrons. The molecule has 0 saturated carbocycles. The third-order valence-electron chi connectivity index (χ3n) is 1.45. The Balaban J connectivity index is 3.00. The maximum absolute atomic E-state index is 5.42. The summed E-state index contributed by atoms with van der Waals surface area (Å²) in [4.78, 5) is 0. The minimum Gasteiger partial charge on any atom is -0.492 e. The standard InChI is InChI=1S/C9H11BrO/c1-3-11-9-7(2)5-4-6-8(9)10/h4-6H,3H2,1-2H3. The van der Waals surface area contributed by atoms with Crippen LogP contribution in [0.5, 0.6) is 5.75 Å². The van der Waals surface area contributed by atoms with Gasteiger partial charge in [-0.25, -0.2) is 0 Å². The molecule has 0 spiro atoms. The first kappa shape index (κ1) is 8.60. The van der Waals surface area contributed by atoms with Crippen LogP contribution in [0.4, 0.5) is 0 Å². The highest BCUT2D eigenvalue weighted by Crippen LogP contribution is 2.27. The van der Waals surface area contributed by atoms with E-state index in [1.54, 1.807) is 0 Å². The van der Waals surface area contributed by atoms with E-state index < -0.39 is 0 Å². The lowest BCUT2D eigenvalue weighted by molar-refractivity contribution is 0.336. The van der Waals surface area contributed by atoms with Crippen LogP contribution in [0.15, 0.2) is 22.7 Å². The first-order valence-electron chi connectivity index (χ1n) is 3.63. The van der Waals surface area contributed by atoms with Crippen LogP contribution in [0.3, 0.4) is 0 Å². The molecule has 1 rings (SSSR count). The average Bonchev–Trinajstić information content (AvgIpc) is 1.97. The van der Waals surface area contributed by atoms with E-state index in [-0.39, 0.29) is 0 Å². The third-order valence-corrected chi connectivity index (χ3v) is 2.08. The fraction of sp³-hybridized carbons (Fsp3) is 0.333. The van der Waals surface area contributed by atoms with Crippen molar-refractivity contribution in [1.82, 2.24) is 0 Å². The average molecular weight is 215 g/mol. The fourth-order valence-electron chi connectivity index (χ4n) is 0.944. The molecule has 60 valence electrons. The largest absolute Gasteiger partial charge is 0.492 e. The van der Waals surface area contributed by atoms with Gasteiger partial charge in [-0.15, -0.1) is 0 Å². The molecule has 0 fully saturated rings. The Morgan fingerprint density at radius 2 is 2.18 bits per heavy atom. The van der Waals surface area contributed by atoms with Crippen LogP contribution < -0.4 is 4.74 Å². The van der Waals surface area contributed by atoms with Crippen molar-refractivity contribution in [3.8, 4) is 5.75 Å². The first-order chi connectivity index (χ1) is 5.25. The molecule has 0 aliphatic rings. The second-order valence-corrected chi connectivity index (χ2v) is 3.17. The Kier molecular flexibility index (Phi) is 2.94. The molecule has 0 aliphatic carbocycles. The second kappa shape index (κ2) is 3.77. The zero-order chi connectivity index (χ0) is 8.27. The first-order valence-corrected chi connectivity index (χ1v) is 4.43. The molecule has 0 heterocycles. The maximum Gasteiger partial charge on any atom is 0.136 e. The molecule has 1 nitrogen and oxygen atoms in total. The summed E-state index contributed by atoms with van der Waals surface area (Å²) in [7, 11) is 0. The molecule has 2 heteroatoms. The molecule has 0 saturated heterocycles. The van der Waals surface area contributed by atoms with Crippen LogP contribution in [-0.2, 0) is 0 Å². The van der Waals surface area contributed by atoms with Crippen molar-refractivity contribution in [2.45, 2.75) is 13.8 Å². The van der Waals surface area contributed by atoms with Gasteiger partial charge in [0.15, 0.2) is 0 Å². The van der Waals surface area contributed by atoms with Crippen LogP contribution in [0.2, 0.25) is 0 Å². The van der Waals surface area contributed by atoms with Gasteiger partial charge >= 0.3 is 0 Å². The number of aryl methyl sites for hydroxylation is 1. The summed E-state index contributed by atoms with van der Waals surface area (Å²) >= 11 is 3.42. The van der Waals surface area contributed by atoms with Crippen LogP contribution in [0.1, 0.15) is 12.5 Å². The van der Waals surface area contributed by atoms with Gasteiger partial charge < -0.3 is 4.74 Å². The van der Waals surface area contributed by atoms with E-state index in [4.69, 9.17) is 4.74 Å². The molecular weight excluding hydrogens is 204 g/mol. The zero-order valence-electron chi connectivity index (χ0n) is 6.73. The summed E-state index contributed by atoms with van der Waals surface area (Å²) in [6, 6.07) is 6.02. The number of ether oxygens (including phenoxy) is 1. The van der Waals surface area contributed by atoms with Crippen LogP contribution in [0, 0.1) is 6.92 Å². The van der Waals surface area contributed by atoms with Gasteiger partial charge in [0.1, 0.15) is 5.75 Å². The number of hydrogen-bond acceptors (Lipinski definition) is 1. The Morgan fingerprint density at radius 3 is 2.73 bits per heavy atom. The predicted molar refractivity (Wildman–Crippen MR) is 50.0 cm³/mol. The van der Waals surface area contributed by atoms with Crippen molar-refractivity contribution in [2.24, 2.45) is 0 Å². The molecule has 0 atom stereocenters. The Morgan fingerprint density at radius 1 is 1.45 bits per heavy atom. The normalized spacial score (nSPS) is 9.73. The van der Waals surface area contributed by atoms with E-state index >= 15 is 0 Å². The molecule has 0 amide bonds. The van der Waals surface area contributed by atoms with Crippen LogP contribution in [0.25, 0.3) is 0 Å². The second-order valence-electron chi connectivity index (χ2n) is 2.32. The monoisotopic (exact) mass is 214 g/mol. The van der Waals surface area contributed by atoms with E-state index in [0.29, 0.717) is 6.61 Å². The third kappa shape index (κ3) is 1.96. The molecule has 1 aromatic carbocycles. The smallest absolute Gasteiger partial charge is 0.136 e. The molecular formula is C9H11BrO. The van der Waals surface area contributed by atoms with Gasteiger partial charge in [-0.1, -0.05) is 12.1 Å². The number of hydrogen-bond donors (Lipinski definition) is 0. The summed E-state index contributed by atoms with van der Waals surface area (Å²) in [5.41, 5.74) is 1.17. The zero-order valence-corrected chi connectivity index (χ0v) is 8.31. The van der Waals surface area contributed by atoms with E-state index in [2.05, 4.69) is 15.9 Å². The minimum atomic E-state index is 0.712. The van der Waals surface area contributed by atoms with E-state index in [1.165, 1.54) is 5.56 Å². The topological polar surface area (TPSA) is 9.23 Å². The van der Waals surface area contributed by atoms with Gasteiger partial charge in [0.25, 0.3) is 0 Å². The molecule has 0 aromatic heterocycles. The summed E-state index contributed by atoms with van der Waals surface area (Å²) < 4.78 is 6.45. The quantitative estimate of drug-likeness (QED) is 0.736. The predicted octanol–water partition coefficient (Wildman–Crippen LogP) is 3.16. The molecule has 1 aromatic rings. The highest BCUT2D eigenvalue weighted by Gasteiger charge is 2.01. The van der Waals surface area contributed by atoms with Crippen molar-refractivity contribution in [3.05, 3.63) is 28.2 Å². The lowest BCUT2D eigenvalue weighted by Gasteiger charge is -2.07. The summed E-state index contributed by atoms with van der Waals surface area (Å²) in [6.07, 6.45) is 0. The van der Waals surface area contributed by atoms with Crippen molar-refractivity contribution < 1.29 is 4.74 Å². The number of benzene rings is 1. The van der Waals surface area contributed by atoms with E-state index in [0.717, 1.165) is 10.2 Å². The van der Waals surface area contributed by atoms with Crippen molar-refractivity contribution in [2.75, 3.05) is 6.61 Å². The van der Waals surface area contributed by atoms with Gasteiger partial charge in [-0.05, 0) is 41.4 Å². The Bertz CT molecular complexity index is 225. The molecule has 0 aliphatic heterocycles. The lowest BCUT2D eigenvalue weighted by atomic mass is 10.2. The van der Waals surface area contributed by atoms with Crippen molar-refractivity contribution in [3.63, 3.8) is 0 Å². The summed E-state index contributed by atoms with van der Waals surface area (Å²) in [5.74, 6) is 0.954. The van der Waals surface area contributed by atoms with Gasteiger partial charge in [-0.3, -0.25) is 0 Å². The van der Waals surface area contributed by atoms with Gasteiger partial charge in [0, 0.05) is 0 Å². The molecule has 0 unspecified atom stereocenters. The van der Waals surface area contributed by atoms with Gasteiger partial charge in [0.05, 0.1) is 11.1 Å². The Hall–Kier alpha value is -0.500. The SMILES string of the molecule is CCOc1c(C)cccc1Br. The summed E-state index contributed by atoms with van der Waals surface area (Å²) in [6.45, 7) is 4.73. The van der Waals surface area contributed by atoms with Crippen LogP contribution >= 0.6 is 15.9 Å². The molecule has 0 bridgehead atoms.